The van der Waals surface area contributed by atoms with Gasteiger partial charge in [0.25, 0.3) is 0 Å². The number of para-hydroxylation sites is 1. The molecule has 0 bridgehead atoms. The number of fused-ring (bicyclic) bond motifs is 1. The number of amides is 1. The number of esters is 1. The van der Waals surface area contributed by atoms with Crippen LogP contribution in [-0.4, -0.2) is 29.0 Å². The van der Waals surface area contributed by atoms with Crippen LogP contribution in [0.4, 0.5) is 5.69 Å². The molecule has 118 valence electrons. The summed E-state index contributed by atoms with van der Waals surface area (Å²) in [5.74, 6) is -0.709. The second kappa shape index (κ2) is 6.00. The van der Waals surface area contributed by atoms with Gasteiger partial charge in [0.15, 0.2) is 0 Å². The van der Waals surface area contributed by atoms with Crippen LogP contribution < -0.4 is 5.32 Å². The van der Waals surface area contributed by atoms with E-state index in [1.165, 1.54) is 7.11 Å². The van der Waals surface area contributed by atoms with Gasteiger partial charge in [-0.05, 0) is 24.6 Å². The highest BCUT2D eigenvalue weighted by molar-refractivity contribution is 6.01. The van der Waals surface area contributed by atoms with Gasteiger partial charge in [0.05, 0.1) is 19.2 Å². The molecule has 3 aromatic rings. The van der Waals surface area contributed by atoms with Crippen molar-refractivity contribution < 1.29 is 14.3 Å². The van der Waals surface area contributed by atoms with Gasteiger partial charge in [-0.1, -0.05) is 18.2 Å². The summed E-state index contributed by atoms with van der Waals surface area (Å²) in [6.45, 7) is 1.81. The van der Waals surface area contributed by atoms with Crippen molar-refractivity contribution in [2.24, 2.45) is 0 Å². The summed E-state index contributed by atoms with van der Waals surface area (Å²) < 4.78 is 4.71. The minimum atomic E-state index is -0.513. The van der Waals surface area contributed by atoms with Gasteiger partial charge in [-0.3, -0.25) is 4.79 Å². The van der Waals surface area contributed by atoms with Crippen molar-refractivity contribution in [3.05, 3.63) is 53.5 Å². The third-order valence-electron chi connectivity index (χ3n) is 3.64. The molecule has 1 amide bonds. The average molecular weight is 311 g/mol. The maximum Gasteiger partial charge on any atom is 0.356 e. The number of aromatic amines is 2. The van der Waals surface area contributed by atoms with Gasteiger partial charge in [0.2, 0.25) is 5.91 Å². The van der Waals surface area contributed by atoms with E-state index in [9.17, 15) is 9.59 Å². The van der Waals surface area contributed by atoms with Gasteiger partial charge in [0.1, 0.15) is 5.69 Å². The Morgan fingerprint density at radius 2 is 2.04 bits per heavy atom. The molecule has 0 aliphatic rings. The van der Waals surface area contributed by atoms with E-state index in [2.05, 4.69) is 15.3 Å². The second-order valence-corrected chi connectivity index (χ2v) is 5.32. The average Bonchev–Trinajstić information content (AvgIpc) is 3.10. The number of nitrogens with one attached hydrogen (secondary N) is 3. The molecule has 0 radical (unpaired) electrons. The highest BCUT2D eigenvalue weighted by Gasteiger charge is 2.17. The minimum absolute atomic E-state index is 0.195. The molecule has 0 aliphatic carbocycles. The van der Waals surface area contributed by atoms with Crippen LogP contribution in [0.1, 0.15) is 21.7 Å². The maximum absolute atomic E-state index is 12.3. The zero-order valence-corrected chi connectivity index (χ0v) is 12.9. The molecular formula is C17H17N3O3. The van der Waals surface area contributed by atoms with E-state index in [0.717, 1.165) is 22.2 Å². The smallest absolute Gasteiger partial charge is 0.356 e. The predicted molar refractivity (Wildman–Crippen MR) is 87.5 cm³/mol. The number of hydrogen-bond acceptors (Lipinski definition) is 3. The Kier molecular flexibility index (Phi) is 3.89. The van der Waals surface area contributed by atoms with E-state index in [-0.39, 0.29) is 18.0 Å². The van der Waals surface area contributed by atoms with Gasteiger partial charge < -0.3 is 20.0 Å². The Morgan fingerprint density at radius 1 is 1.26 bits per heavy atom. The van der Waals surface area contributed by atoms with E-state index in [1.807, 2.05) is 37.4 Å². The second-order valence-electron chi connectivity index (χ2n) is 5.32. The Hall–Kier alpha value is -3.02. The molecule has 0 saturated carbocycles. The van der Waals surface area contributed by atoms with Crippen molar-refractivity contribution in [2.45, 2.75) is 13.3 Å². The van der Waals surface area contributed by atoms with E-state index < -0.39 is 5.97 Å². The van der Waals surface area contributed by atoms with Gasteiger partial charge in [-0.25, -0.2) is 4.79 Å². The Bertz CT molecular complexity index is 876. The Labute approximate surface area is 132 Å². The number of aromatic nitrogens is 2. The van der Waals surface area contributed by atoms with Gasteiger partial charge in [0, 0.05) is 22.8 Å². The highest BCUT2D eigenvalue weighted by atomic mass is 16.5. The van der Waals surface area contributed by atoms with E-state index in [4.69, 9.17) is 4.74 Å². The largest absolute Gasteiger partial charge is 0.464 e. The molecule has 2 heterocycles. The molecule has 3 rings (SSSR count). The van der Waals surface area contributed by atoms with Crippen LogP contribution in [0.15, 0.2) is 36.5 Å². The molecule has 6 nitrogen and oxygen atoms in total. The fraction of sp³-hybridized carbons (Fsp3) is 0.176. The first-order valence-electron chi connectivity index (χ1n) is 7.21. The third-order valence-corrected chi connectivity index (χ3v) is 3.64. The van der Waals surface area contributed by atoms with Crippen molar-refractivity contribution in [3.63, 3.8) is 0 Å². The van der Waals surface area contributed by atoms with Crippen LogP contribution in [-0.2, 0) is 16.0 Å². The molecule has 0 unspecified atom stereocenters. The number of carbonyl (C=O) groups is 2. The zero-order valence-electron chi connectivity index (χ0n) is 12.9. The molecule has 2 aromatic heterocycles. The molecular weight excluding hydrogens is 294 g/mol. The van der Waals surface area contributed by atoms with Crippen molar-refractivity contribution >= 4 is 28.5 Å². The maximum atomic E-state index is 12.3. The molecule has 0 fully saturated rings. The number of methoxy groups -OCH3 is 1. The normalized spacial score (nSPS) is 10.7. The first-order chi connectivity index (χ1) is 11.1. The van der Waals surface area contributed by atoms with Crippen LogP contribution >= 0.6 is 0 Å². The number of anilines is 1. The number of aryl methyl sites for hydroxylation is 1. The monoisotopic (exact) mass is 311 g/mol. The third kappa shape index (κ3) is 2.96. The van der Waals surface area contributed by atoms with E-state index in [1.54, 1.807) is 6.07 Å². The number of hydrogen-bond donors (Lipinski definition) is 3. The van der Waals surface area contributed by atoms with Gasteiger partial charge in [-0.2, -0.15) is 0 Å². The molecule has 3 N–H and O–H groups in total. The van der Waals surface area contributed by atoms with E-state index in [0.29, 0.717) is 5.69 Å². The summed E-state index contributed by atoms with van der Waals surface area (Å²) in [6, 6.07) is 9.51. The standard InChI is InChI=1S/C17H17N3O3/c1-10-7-14(16(19-10)17(22)23-2)20-15(21)8-11-9-18-13-6-4-3-5-12(11)13/h3-7,9,18-19H,8H2,1-2H3,(H,20,21). The first-order valence-corrected chi connectivity index (χ1v) is 7.21. The predicted octanol–water partition coefficient (Wildman–Crippen LogP) is 2.77. The summed E-state index contributed by atoms with van der Waals surface area (Å²) in [7, 11) is 1.30. The number of carbonyl (C=O) groups excluding carboxylic acids is 2. The summed E-state index contributed by atoms with van der Waals surface area (Å²) in [5.41, 5.74) is 3.34. The lowest BCUT2D eigenvalue weighted by atomic mass is 10.1. The van der Waals surface area contributed by atoms with Gasteiger partial charge >= 0.3 is 5.97 Å². The highest BCUT2D eigenvalue weighted by Crippen LogP contribution is 2.21. The number of rotatable bonds is 4. The topological polar surface area (TPSA) is 87.0 Å². The molecule has 23 heavy (non-hydrogen) atoms. The van der Waals surface area contributed by atoms with Crippen LogP contribution in [0.2, 0.25) is 0 Å². The fourth-order valence-corrected chi connectivity index (χ4v) is 2.60. The Balaban J connectivity index is 1.79. The van der Waals surface area contributed by atoms with Crippen molar-refractivity contribution in [1.29, 1.82) is 0 Å². The summed E-state index contributed by atoms with van der Waals surface area (Å²) in [5, 5.41) is 3.78. The van der Waals surface area contributed by atoms with Crippen LogP contribution in [0.5, 0.6) is 0 Å². The molecule has 0 atom stereocenters. The van der Waals surface area contributed by atoms with E-state index >= 15 is 0 Å². The zero-order chi connectivity index (χ0) is 16.4. The lowest BCUT2D eigenvalue weighted by molar-refractivity contribution is -0.115. The molecule has 0 aliphatic heterocycles. The van der Waals surface area contributed by atoms with Gasteiger partial charge in [-0.15, -0.1) is 0 Å². The first kappa shape index (κ1) is 14.9. The molecule has 0 saturated heterocycles. The molecule has 6 heteroatoms. The summed E-state index contributed by atoms with van der Waals surface area (Å²) in [4.78, 5) is 30.0. The van der Waals surface area contributed by atoms with Crippen LogP contribution in [0.3, 0.4) is 0 Å². The Morgan fingerprint density at radius 3 is 2.83 bits per heavy atom. The molecule has 1 aromatic carbocycles. The van der Waals surface area contributed by atoms with Crippen molar-refractivity contribution in [3.8, 4) is 0 Å². The number of H-pyrrole nitrogens is 2. The SMILES string of the molecule is COC(=O)c1[nH]c(C)cc1NC(=O)Cc1c[nH]c2ccccc12. The molecule has 0 spiro atoms. The minimum Gasteiger partial charge on any atom is -0.464 e. The number of benzene rings is 1. The summed E-state index contributed by atoms with van der Waals surface area (Å²) >= 11 is 0. The van der Waals surface area contributed by atoms with Crippen molar-refractivity contribution in [2.75, 3.05) is 12.4 Å². The fourth-order valence-electron chi connectivity index (χ4n) is 2.60. The lowest BCUT2D eigenvalue weighted by Gasteiger charge is -2.05. The van der Waals surface area contributed by atoms with Crippen molar-refractivity contribution in [1.82, 2.24) is 9.97 Å². The van der Waals surface area contributed by atoms with Crippen LogP contribution in [0.25, 0.3) is 10.9 Å². The number of ether oxygens (including phenoxy) is 1. The summed E-state index contributed by atoms with van der Waals surface area (Å²) in [6.07, 6.45) is 2.04. The van der Waals surface area contributed by atoms with Crippen LogP contribution in [0, 0.1) is 6.92 Å². The lowest BCUT2D eigenvalue weighted by Crippen LogP contribution is -2.16. The quantitative estimate of drug-likeness (QED) is 0.647.